The van der Waals surface area contributed by atoms with Crippen LogP contribution in [0.1, 0.15) is 44.0 Å². The third-order valence-electron chi connectivity index (χ3n) is 4.60. The fourth-order valence-electron chi connectivity index (χ4n) is 2.77. The number of nitrogens with two attached hydrogens (primary N) is 1. The van der Waals surface area contributed by atoms with Gasteiger partial charge in [0.05, 0.1) is 11.6 Å². The Balaban J connectivity index is 1.94. The number of hydrogen-bond acceptors (Lipinski definition) is 3. The SMILES string of the molecule is CC(C)(C)[C@H](N)C(=O)N1CCC(NC(=O)c2cc(F)c(F)cc2F)CC1. The van der Waals surface area contributed by atoms with Gasteiger partial charge in [-0.3, -0.25) is 9.59 Å². The van der Waals surface area contributed by atoms with E-state index in [0.29, 0.717) is 38.1 Å². The number of likely N-dealkylation sites (tertiary alicyclic amines) is 1. The molecule has 0 unspecified atom stereocenters. The molecule has 0 bridgehead atoms. The largest absolute Gasteiger partial charge is 0.349 e. The van der Waals surface area contributed by atoms with Gasteiger partial charge in [-0.1, -0.05) is 20.8 Å². The van der Waals surface area contributed by atoms with E-state index in [0.717, 1.165) is 0 Å². The molecule has 1 heterocycles. The number of rotatable bonds is 3. The molecule has 26 heavy (non-hydrogen) atoms. The number of nitrogens with zero attached hydrogens (tertiary/aromatic N) is 1. The van der Waals surface area contributed by atoms with Crippen LogP contribution in [0.5, 0.6) is 0 Å². The number of benzene rings is 1. The molecule has 8 heteroatoms. The molecule has 0 aliphatic carbocycles. The summed E-state index contributed by atoms with van der Waals surface area (Å²) in [6.45, 7) is 6.48. The minimum Gasteiger partial charge on any atom is -0.349 e. The first-order valence-corrected chi connectivity index (χ1v) is 8.50. The number of nitrogens with one attached hydrogen (secondary N) is 1. The summed E-state index contributed by atoms with van der Waals surface area (Å²) in [6.07, 6.45) is 0.944. The summed E-state index contributed by atoms with van der Waals surface area (Å²) >= 11 is 0. The Labute approximate surface area is 150 Å². The van der Waals surface area contributed by atoms with Gasteiger partial charge in [-0.25, -0.2) is 13.2 Å². The van der Waals surface area contributed by atoms with E-state index < -0.39 is 35.0 Å². The van der Waals surface area contributed by atoms with Crippen molar-refractivity contribution in [2.24, 2.45) is 11.1 Å². The fraction of sp³-hybridized carbons (Fsp3) is 0.556. The van der Waals surface area contributed by atoms with E-state index in [1.54, 1.807) is 4.90 Å². The summed E-state index contributed by atoms with van der Waals surface area (Å²) in [7, 11) is 0. The number of halogens is 3. The summed E-state index contributed by atoms with van der Waals surface area (Å²) in [5.41, 5.74) is 5.09. The van der Waals surface area contributed by atoms with E-state index in [1.165, 1.54) is 0 Å². The molecule has 1 saturated heterocycles. The highest BCUT2D eigenvalue weighted by atomic mass is 19.2. The lowest BCUT2D eigenvalue weighted by molar-refractivity contribution is -0.136. The van der Waals surface area contributed by atoms with Crippen LogP contribution in [-0.2, 0) is 4.79 Å². The van der Waals surface area contributed by atoms with Gasteiger partial charge in [0.25, 0.3) is 5.91 Å². The van der Waals surface area contributed by atoms with Crippen LogP contribution in [-0.4, -0.2) is 41.9 Å². The van der Waals surface area contributed by atoms with Crippen molar-refractivity contribution in [1.82, 2.24) is 10.2 Å². The van der Waals surface area contributed by atoms with Gasteiger partial charge in [0.1, 0.15) is 5.82 Å². The van der Waals surface area contributed by atoms with Gasteiger partial charge in [-0.15, -0.1) is 0 Å². The fourth-order valence-corrected chi connectivity index (χ4v) is 2.77. The molecule has 144 valence electrons. The molecule has 0 saturated carbocycles. The van der Waals surface area contributed by atoms with Crippen molar-refractivity contribution in [3.05, 3.63) is 35.1 Å². The van der Waals surface area contributed by atoms with Gasteiger partial charge in [0.15, 0.2) is 11.6 Å². The highest BCUT2D eigenvalue weighted by molar-refractivity contribution is 5.94. The predicted octanol–water partition coefficient (Wildman–Crippen LogP) is 2.20. The van der Waals surface area contributed by atoms with Crippen LogP contribution in [0.25, 0.3) is 0 Å². The quantitative estimate of drug-likeness (QED) is 0.800. The average molecular weight is 371 g/mol. The van der Waals surface area contributed by atoms with Gasteiger partial charge in [0.2, 0.25) is 5.91 Å². The van der Waals surface area contributed by atoms with Crippen molar-refractivity contribution >= 4 is 11.8 Å². The normalized spacial score (nSPS) is 17.1. The van der Waals surface area contributed by atoms with Gasteiger partial charge in [-0.2, -0.15) is 0 Å². The second kappa shape index (κ2) is 7.65. The molecule has 1 atom stereocenters. The minimum absolute atomic E-state index is 0.145. The van der Waals surface area contributed by atoms with Crippen molar-refractivity contribution in [3.8, 4) is 0 Å². The Kier molecular flexibility index (Phi) is 5.95. The first-order chi connectivity index (χ1) is 12.0. The lowest BCUT2D eigenvalue weighted by Crippen LogP contribution is -2.54. The average Bonchev–Trinajstić information content (AvgIpc) is 2.56. The summed E-state index contributed by atoms with van der Waals surface area (Å²) in [6, 6.07) is -0.0182. The van der Waals surface area contributed by atoms with Gasteiger partial charge >= 0.3 is 0 Å². The molecule has 5 nitrogen and oxygen atoms in total. The highest BCUT2D eigenvalue weighted by Crippen LogP contribution is 2.21. The molecule has 3 N–H and O–H groups in total. The molecule has 2 amide bonds. The first-order valence-electron chi connectivity index (χ1n) is 8.50. The molecule has 0 spiro atoms. The zero-order valence-electron chi connectivity index (χ0n) is 15.1. The van der Waals surface area contributed by atoms with E-state index in [1.807, 2.05) is 20.8 Å². The first kappa shape index (κ1) is 20.2. The van der Waals surface area contributed by atoms with Crippen LogP contribution in [0.4, 0.5) is 13.2 Å². The second-order valence-electron chi connectivity index (χ2n) is 7.66. The number of hydrogen-bond donors (Lipinski definition) is 2. The van der Waals surface area contributed by atoms with E-state index in [4.69, 9.17) is 5.73 Å². The summed E-state index contributed by atoms with van der Waals surface area (Å²) < 4.78 is 39.9. The standard InChI is InChI=1S/C18H24F3N3O2/c1-18(2,3)15(22)17(26)24-6-4-10(5-7-24)23-16(25)11-8-13(20)14(21)9-12(11)19/h8-10,15H,4-7,22H2,1-3H3,(H,23,25)/t15-/m1/s1. The maximum absolute atomic E-state index is 13.7. The predicted molar refractivity (Wildman–Crippen MR) is 90.8 cm³/mol. The van der Waals surface area contributed by atoms with Gasteiger partial charge in [-0.05, 0) is 24.3 Å². The number of carbonyl (C=O) groups excluding carboxylic acids is 2. The third kappa shape index (κ3) is 4.55. The van der Waals surface area contributed by atoms with E-state index in [9.17, 15) is 22.8 Å². The van der Waals surface area contributed by atoms with Crippen LogP contribution in [0.2, 0.25) is 0 Å². The van der Waals surface area contributed by atoms with Crippen molar-refractivity contribution in [1.29, 1.82) is 0 Å². The molecule has 1 aromatic carbocycles. The van der Waals surface area contributed by atoms with Crippen LogP contribution in [0.15, 0.2) is 12.1 Å². The summed E-state index contributed by atoms with van der Waals surface area (Å²) in [4.78, 5) is 26.2. The van der Waals surface area contributed by atoms with Crippen LogP contribution >= 0.6 is 0 Å². The van der Waals surface area contributed by atoms with Crippen molar-refractivity contribution in [3.63, 3.8) is 0 Å². The topological polar surface area (TPSA) is 75.4 Å². The molecule has 1 aromatic rings. The molecular weight excluding hydrogens is 347 g/mol. The van der Waals surface area contributed by atoms with E-state index in [2.05, 4.69) is 5.32 Å². The Hall–Kier alpha value is -2.09. The summed E-state index contributed by atoms with van der Waals surface area (Å²) in [5, 5.41) is 2.60. The Bertz CT molecular complexity index is 696. The molecular formula is C18H24F3N3O2. The molecule has 0 aromatic heterocycles. The maximum Gasteiger partial charge on any atom is 0.254 e. The molecule has 0 radical (unpaired) electrons. The monoisotopic (exact) mass is 371 g/mol. The summed E-state index contributed by atoms with van der Waals surface area (Å²) in [5.74, 6) is -4.70. The van der Waals surface area contributed by atoms with Crippen LogP contribution in [0.3, 0.4) is 0 Å². The number of amides is 2. The van der Waals surface area contributed by atoms with Crippen molar-refractivity contribution in [2.45, 2.75) is 45.7 Å². The number of piperidine rings is 1. The highest BCUT2D eigenvalue weighted by Gasteiger charge is 2.33. The van der Waals surface area contributed by atoms with Crippen molar-refractivity contribution < 1.29 is 22.8 Å². The third-order valence-corrected chi connectivity index (χ3v) is 4.60. The maximum atomic E-state index is 13.7. The van der Waals surface area contributed by atoms with Gasteiger partial charge < -0.3 is 16.0 Å². The Morgan fingerprint density at radius 1 is 1.12 bits per heavy atom. The molecule has 2 rings (SSSR count). The smallest absolute Gasteiger partial charge is 0.254 e. The Morgan fingerprint density at radius 3 is 2.19 bits per heavy atom. The molecule has 1 aliphatic rings. The van der Waals surface area contributed by atoms with E-state index >= 15 is 0 Å². The van der Waals surface area contributed by atoms with E-state index in [-0.39, 0.29) is 17.4 Å². The minimum atomic E-state index is -1.35. The number of carbonyl (C=O) groups is 2. The lowest BCUT2D eigenvalue weighted by atomic mass is 9.86. The van der Waals surface area contributed by atoms with Crippen LogP contribution < -0.4 is 11.1 Å². The Morgan fingerprint density at radius 2 is 1.65 bits per heavy atom. The van der Waals surface area contributed by atoms with Gasteiger partial charge in [0, 0.05) is 25.2 Å². The zero-order valence-corrected chi connectivity index (χ0v) is 15.1. The molecule has 1 fully saturated rings. The second-order valence-corrected chi connectivity index (χ2v) is 7.66. The molecule has 1 aliphatic heterocycles. The lowest BCUT2D eigenvalue weighted by Gasteiger charge is -2.36. The van der Waals surface area contributed by atoms with Crippen LogP contribution in [0, 0.1) is 22.9 Å². The van der Waals surface area contributed by atoms with Crippen molar-refractivity contribution in [2.75, 3.05) is 13.1 Å². The zero-order chi connectivity index (χ0) is 19.6.